The van der Waals surface area contributed by atoms with Crippen LogP contribution in [0, 0.1) is 5.92 Å². The number of amides is 2. The van der Waals surface area contributed by atoms with Crippen molar-refractivity contribution in [3.05, 3.63) is 96.4 Å². The Morgan fingerprint density at radius 2 is 1.61 bits per heavy atom. The maximum atomic E-state index is 12.6. The molecule has 0 aliphatic carbocycles. The molecule has 1 atom stereocenters. The van der Waals surface area contributed by atoms with E-state index in [0.717, 1.165) is 34.5 Å². The summed E-state index contributed by atoms with van der Waals surface area (Å²) in [5, 5.41) is 5.88. The molecule has 2 N–H and O–H groups in total. The summed E-state index contributed by atoms with van der Waals surface area (Å²) in [5.41, 5.74) is 4.33. The molecule has 0 aliphatic rings. The summed E-state index contributed by atoms with van der Waals surface area (Å²) < 4.78 is 6.12. The predicted molar refractivity (Wildman–Crippen MR) is 142 cm³/mol. The van der Waals surface area contributed by atoms with Crippen LogP contribution in [0.3, 0.4) is 0 Å². The molecule has 0 radical (unpaired) electrons. The average molecular weight is 482 g/mol. The largest absolute Gasteiger partial charge is 0.440 e. The minimum absolute atomic E-state index is 0.00521. The van der Waals surface area contributed by atoms with Crippen molar-refractivity contribution in [3.63, 3.8) is 0 Å². The fourth-order valence-electron chi connectivity index (χ4n) is 3.77. The Bertz CT molecular complexity index is 1240. The maximum absolute atomic E-state index is 12.6. The van der Waals surface area contributed by atoms with Crippen LogP contribution in [0.1, 0.15) is 38.1 Å². The summed E-state index contributed by atoms with van der Waals surface area (Å²) >= 11 is 0. The minimum atomic E-state index is -0.0928. The highest BCUT2D eigenvalue weighted by molar-refractivity contribution is 5.92. The lowest BCUT2D eigenvalue weighted by Gasteiger charge is -2.11. The number of benzene rings is 3. The van der Waals surface area contributed by atoms with Crippen LogP contribution in [0.5, 0.6) is 0 Å². The van der Waals surface area contributed by atoms with Crippen molar-refractivity contribution in [1.82, 2.24) is 10.3 Å². The molecule has 1 aromatic heterocycles. The first-order valence-corrected chi connectivity index (χ1v) is 12.3. The van der Waals surface area contributed by atoms with E-state index < -0.39 is 0 Å². The molecule has 0 fully saturated rings. The van der Waals surface area contributed by atoms with Crippen LogP contribution in [0.4, 0.5) is 5.69 Å². The topological polar surface area (TPSA) is 84.2 Å². The van der Waals surface area contributed by atoms with Gasteiger partial charge >= 0.3 is 0 Å². The van der Waals surface area contributed by atoms with Gasteiger partial charge in [0.2, 0.25) is 11.8 Å². The number of nitrogens with zero attached hydrogens (tertiary/aromatic N) is 1. The van der Waals surface area contributed by atoms with Gasteiger partial charge in [0, 0.05) is 42.1 Å². The van der Waals surface area contributed by atoms with E-state index in [9.17, 15) is 9.59 Å². The van der Waals surface area contributed by atoms with Gasteiger partial charge in [0.15, 0.2) is 11.7 Å². The first kappa shape index (κ1) is 24.9. The van der Waals surface area contributed by atoms with Crippen molar-refractivity contribution in [2.45, 2.75) is 39.7 Å². The van der Waals surface area contributed by atoms with Gasteiger partial charge in [-0.05, 0) is 24.1 Å². The summed E-state index contributed by atoms with van der Waals surface area (Å²) in [6.45, 7) is 4.26. The number of rotatable bonds is 10. The van der Waals surface area contributed by atoms with Gasteiger partial charge in [-0.15, -0.1) is 0 Å². The number of hydrogen-bond donors (Lipinski definition) is 2. The predicted octanol–water partition coefficient (Wildman–Crippen LogP) is 6.24. The van der Waals surface area contributed by atoms with Gasteiger partial charge in [0.1, 0.15) is 5.69 Å². The van der Waals surface area contributed by atoms with E-state index in [1.807, 2.05) is 98.8 Å². The van der Waals surface area contributed by atoms with Crippen molar-refractivity contribution in [1.29, 1.82) is 0 Å². The molecule has 0 saturated carbocycles. The molecule has 0 spiro atoms. The molecule has 1 heterocycles. The van der Waals surface area contributed by atoms with Gasteiger partial charge < -0.3 is 15.1 Å². The van der Waals surface area contributed by atoms with Crippen LogP contribution in [-0.2, 0) is 22.6 Å². The number of oxazole rings is 1. The summed E-state index contributed by atoms with van der Waals surface area (Å²) in [6, 6.07) is 27.3. The van der Waals surface area contributed by atoms with Gasteiger partial charge in [-0.1, -0.05) is 86.6 Å². The second-order valence-electron chi connectivity index (χ2n) is 8.79. The Labute approximate surface area is 211 Å². The number of carbonyl (C=O) groups is 2. The zero-order chi connectivity index (χ0) is 25.3. The molecule has 0 bridgehead atoms. The SMILES string of the molecule is CCC(C)C(=O)Nc1cccc(CNC(=O)CCc2nc(-c3ccccc3)c(-c3ccccc3)o2)c1. The van der Waals surface area contributed by atoms with Crippen LogP contribution in [0.2, 0.25) is 0 Å². The Hall–Kier alpha value is -4.19. The van der Waals surface area contributed by atoms with E-state index in [4.69, 9.17) is 9.40 Å². The summed E-state index contributed by atoms with van der Waals surface area (Å²) in [4.78, 5) is 29.4. The lowest BCUT2D eigenvalue weighted by atomic mass is 10.1. The molecule has 6 heteroatoms. The molecular formula is C30H31N3O3. The summed E-state index contributed by atoms with van der Waals surface area (Å²) in [5.74, 6) is 1.08. The van der Waals surface area contributed by atoms with Crippen molar-refractivity contribution < 1.29 is 14.0 Å². The number of aromatic nitrogens is 1. The van der Waals surface area contributed by atoms with E-state index in [-0.39, 0.29) is 24.2 Å². The minimum Gasteiger partial charge on any atom is -0.440 e. The van der Waals surface area contributed by atoms with Crippen molar-refractivity contribution in [2.24, 2.45) is 5.92 Å². The van der Waals surface area contributed by atoms with Crippen molar-refractivity contribution in [2.75, 3.05) is 5.32 Å². The quantitative estimate of drug-likeness (QED) is 0.281. The van der Waals surface area contributed by atoms with Crippen LogP contribution in [0.25, 0.3) is 22.6 Å². The number of anilines is 1. The second kappa shape index (κ2) is 12.0. The third kappa shape index (κ3) is 6.48. The molecule has 6 nitrogen and oxygen atoms in total. The fourth-order valence-corrected chi connectivity index (χ4v) is 3.77. The molecule has 4 rings (SSSR count). The van der Waals surface area contributed by atoms with Gasteiger partial charge in [-0.3, -0.25) is 9.59 Å². The smallest absolute Gasteiger partial charge is 0.227 e. The van der Waals surface area contributed by atoms with Gasteiger partial charge in [-0.25, -0.2) is 4.98 Å². The zero-order valence-corrected chi connectivity index (χ0v) is 20.7. The Kier molecular flexibility index (Phi) is 8.29. The normalized spacial score (nSPS) is 11.6. The highest BCUT2D eigenvalue weighted by atomic mass is 16.4. The van der Waals surface area contributed by atoms with E-state index in [1.54, 1.807) is 0 Å². The molecule has 36 heavy (non-hydrogen) atoms. The van der Waals surface area contributed by atoms with Crippen LogP contribution in [-0.4, -0.2) is 16.8 Å². The number of carbonyl (C=O) groups excluding carboxylic acids is 2. The van der Waals surface area contributed by atoms with E-state index in [0.29, 0.717) is 24.6 Å². The van der Waals surface area contributed by atoms with E-state index in [2.05, 4.69) is 10.6 Å². The summed E-state index contributed by atoms with van der Waals surface area (Å²) in [7, 11) is 0. The highest BCUT2D eigenvalue weighted by Gasteiger charge is 2.17. The number of nitrogens with one attached hydrogen (secondary N) is 2. The Balaban J connectivity index is 1.37. The summed E-state index contributed by atoms with van der Waals surface area (Å²) in [6.07, 6.45) is 1.43. The number of hydrogen-bond acceptors (Lipinski definition) is 4. The van der Waals surface area contributed by atoms with Crippen molar-refractivity contribution in [3.8, 4) is 22.6 Å². The standard InChI is InChI=1S/C30H31N3O3/c1-3-21(2)30(35)32-25-16-10-11-22(19-25)20-31-26(34)17-18-27-33-28(23-12-6-4-7-13-23)29(36-27)24-14-8-5-9-15-24/h4-16,19,21H,3,17-18,20H2,1-2H3,(H,31,34)(H,32,35). The molecule has 2 amide bonds. The average Bonchev–Trinajstić information content (AvgIpc) is 3.36. The second-order valence-corrected chi connectivity index (χ2v) is 8.79. The zero-order valence-electron chi connectivity index (χ0n) is 20.7. The molecule has 0 saturated heterocycles. The monoisotopic (exact) mass is 481 g/mol. The third-order valence-corrected chi connectivity index (χ3v) is 6.06. The maximum Gasteiger partial charge on any atom is 0.227 e. The first-order chi connectivity index (χ1) is 17.5. The highest BCUT2D eigenvalue weighted by Crippen LogP contribution is 2.32. The molecule has 4 aromatic rings. The van der Waals surface area contributed by atoms with E-state index in [1.165, 1.54) is 0 Å². The van der Waals surface area contributed by atoms with Gasteiger partial charge in [0.25, 0.3) is 0 Å². The molecular weight excluding hydrogens is 450 g/mol. The lowest BCUT2D eigenvalue weighted by molar-refractivity contribution is -0.121. The molecule has 3 aromatic carbocycles. The fraction of sp³-hybridized carbons (Fsp3) is 0.233. The van der Waals surface area contributed by atoms with Crippen LogP contribution < -0.4 is 10.6 Å². The molecule has 0 aliphatic heterocycles. The van der Waals surface area contributed by atoms with E-state index >= 15 is 0 Å². The van der Waals surface area contributed by atoms with Crippen molar-refractivity contribution >= 4 is 17.5 Å². The third-order valence-electron chi connectivity index (χ3n) is 6.06. The molecule has 184 valence electrons. The Morgan fingerprint density at radius 1 is 0.917 bits per heavy atom. The lowest BCUT2D eigenvalue weighted by Crippen LogP contribution is -2.23. The first-order valence-electron chi connectivity index (χ1n) is 12.3. The molecule has 1 unspecified atom stereocenters. The van der Waals surface area contributed by atoms with Crippen LogP contribution >= 0.6 is 0 Å². The Morgan fingerprint density at radius 3 is 2.31 bits per heavy atom. The van der Waals surface area contributed by atoms with Crippen LogP contribution in [0.15, 0.2) is 89.3 Å². The van der Waals surface area contributed by atoms with Gasteiger partial charge in [0.05, 0.1) is 0 Å². The number of aryl methyl sites for hydroxylation is 1. The van der Waals surface area contributed by atoms with Gasteiger partial charge in [-0.2, -0.15) is 0 Å².